The Balaban J connectivity index is 1.89. The Bertz CT molecular complexity index is 1030. The molecule has 0 bridgehead atoms. The maximum absolute atomic E-state index is 12.5. The van der Waals surface area contributed by atoms with Gasteiger partial charge < -0.3 is 10.1 Å². The molecule has 0 spiro atoms. The second kappa shape index (κ2) is 8.21. The van der Waals surface area contributed by atoms with Crippen LogP contribution >= 0.6 is 11.6 Å². The zero-order valence-electron chi connectivity index (χ0n) is 14.4. The number of nitriles is 1. The number of benzene rings is 2. The van der Waals surface area contributed by atoms with Crippen molar-refractivity contribution < 1.29 is 9.53 Å². The Labute approximate surface area is 161 Å². The molecule has 0 unspecified atom stereocenters. The van der Waals surface area contributed by atoms with Crippen LogP contribution in [-0.2, 0) is 4.79 Å². The van der Waals surface area contributed by atoms with Gasteiger partial charge in [0, 0.05) is 16.1 Å². The van der Waals surface area contributed by atoms with Gasteiger partial charge in [0.2, 0.25) is 0 Å². The van der Waals surface area contributed by atoms with Gasteiger partial charge in [-0.05, 0) is 30.3 Å². The molecule has 1 aromatic heterocycles. The molecule has 1 heterocycles. The standard InChI is InChI=1S/C20H15ClN4O2/c1-27-18-5-3-2-4-17(18)24-20(26)14(11-22)10-15-12-23-25-19(15)13-6-8-16(21)9-7-13/h2-10,12H,1H3,(H,23,25)(H,24,26). The molecule has 6 nitrogen and oxygen atoms in total. The van der Waals surface area contributed by atoms with E-state index in [0.29, 0.717) is 27.7 Å². The van der Waals surface area contributed by atoms with E-state index < -0.39 is 5.91 Å². The first-order valence-electron chi connectivity index (χ1n) is 7.98. The molecule has 27 heavy (non-hydrogen) atoms. The number of halogens is 1. The molecule has 2 aromatic carbocycles. The minimum atomic E-state index is -0.537. The van der Waals surface area contributed by atoms with E-state index in [9.17, 15) is 10.1 Å². The van der Waals surface area contributed by atoms with Gasteiger partial charge >= 0.3 is 0 Å². The van der Waals surface area contributed by atoms with Gasteiger partial charge in [0.05, 0.1) is 24.7 Å². The number of anilines is 1. The molecule has 7 heteroatoms. The third-order valence-electron chi connectivity index (χ3n) is 3.82. The number of rotatable bonds is 5. The van der Waals surface area contributed by atoms with Gasteiger partial charge in [-0.1, -0.05) is 35.9 Å². The van der Waals surface area contributed by atoms with Gasteiger partial charge in [-0.3, -0.25) is 9.89 Å². The van der Waals surface area contributed by atoms with E-state index in [2.05, 4.69) is 15.5 Å². The van der Waals surface area contributed by atoms with Gasteiger partial charge in [-0.2, -0.15) is 10.4 Å². The van der Waals surface area contributed by atoms with Crippen molar-refractivity contribution in [2.75, 3.05) is 12.4 Å². The normalized spacial score (nSPS) is 10.9. The predicted octanol–water partition coefficient (Wildman–Crippen LogP) is 4.28. The van der Waals surface area contributed by atoms with Crippen LogP contribution in [0.2, 0.25) is 5.02 Å². The monoisotopic (exact) mass is 378 g/mol. The van der Waals surface area contributed by atoms with Gasteiger partial charge in [0.25, 0.3) is 5.91 Å². The first-order valence-corrected chi connectivity index (χ1v) is 8.35. The minimum absolute atomic E-state index is 0.0579. The topological polar surface area (TPSA) is 90.8 Å². The fourth-order valence-electron chi connectivity index (χ4n) is 2.49. The lowest BCUT2D eigenvalue weighted by Gasteiger charge is -2.09. The van der Waals surface area contributed by atoms with E-state index in [1.807, 2.05) is 18.2 Å². The number of carbonyl (C=O) groups is 1. The highest BCUT2D eigenvalue weighted by molar-refractivity contribution is 6.30. The Morgan fingerprint density at radius 3 is 2.70 bits per heavy atom. The Hall–Kier alpha value is -3.56. The summed E-state index contributed by atoms with van der Waals surface area (Å²) >= 11 is 5.92. The summed E-state index contributed by atoms with van der Waals surface area (Å²) in [5.41, 5.74) is 2.56. The van der Waals surface area contributed by atoms with E-state index in [0.717, 1.165) is 5.56 Å². The lowest BCUT2D eigenvalue weighted by molar-refractivity contribution is -0.112. The van der Waals surface area contributed by atoms with Crippen LogP contribution in [0.15, 0.2) is 60.3 Å². The second-order valence-corrected chi connectivity index (χ2v) is 5.97. The third-order valence-corrected chi connectivity index (χ3v) is 4.07. The van der Waals surface area contributed by atoms with E-state index in [1.165, 1.54) is 13.2 Å². The average Bonchev–Trinajstić information content (AvgIpc) is 3.15. The highest BCUT2D eigenvalue weighted by atomic mass is 35.5. The van der Waals surface area contributed by atoms with Crippen LogP contribution in [0.25, 0.3) is 17.3 Å². The number of ether oxygens (including phenoxy) is 1. The number of nitrogens with one attached hydrogen (secondary N) is 2. The van der Waals surface area contributed by atoms with Crippen molar-refractivity contribution in [2.45, 2.75) is 0 Å². The Morgan fingerprint density at radius 1 is 1.26 bits per heavy atom. The van der Waals surface area contributed by atoms with E-state index in [-0.39, 0.29) is 5.57 Å². The molecule has 0 aliphatic carbocycles. The molecule has 1 amide bonds. The van der Waals surface area contributed by atoms with Crippen molar-refractivity contribution in [1.29, 1.82) is 5.26 Å². The summed E-state index contributed by atoms with van der Waals surface area (Å²) < 4.78 is 5.21. The van der Waals surface area contributed by atoms with Crippen LogP contribution in [0.4, 0.5) is 5.69 Å². The summed E-state index contributed by atoms with van der Waals surface area (Å²) in [6.45, 7) is 0. The summed E-state index contributed by atoms with van der Waals surface area (Å²) in [4.78, 5) is 12.5. The molecule has 0 aliphatic rings. The number of nitrogens with zero attached hydrogens (tertiary/aromatic N) is 2. The molecule has 0 aliphatic heterocycles. The van der Waals surface area contributed by atoms with Crippen LogP contribution in [0.5, 0.6) is 5.75 Å². The molecule has 3 aromatic rings. The zero-order valence-corrected chi connectivity index (χ0v) is 15.1. The van der Waals surface area contributed by atoms with Crippen LogP contribution < -0.4 is 10.1 Å². The summed E-state index contributed by atoms with van der Waals surface area (Å²) in [5, 5.41) is 19.6. The molecular formula is C20H15ClN4O2. The van der Waals surface area contributed by atoms with Gasteiger partial charge in [0.1, 0.15) is 17.4 Å². The highest BCUT2D eigenvalue weighted by Gasteiger charge is 2.14. The summed E-state index contributed by atoms with van der Waals surface area (Å²) in [5.74, 6) is -0.0291. The number of para-hydroxylation sites is 2. The number of aromatic nitrogens is 2. The Kier molecular flexibility index (Phi) is 5.55. The quantitative estimate of drug-likeness (QED) is 0.512. The number of hydrogen-bond donors (Lipinski definition) is 2. The number of hydrogen-bond acceptors (Lipinski definition) is 4. The summed E-state index contributed by atoms with van der Waals surface area (Å²) in [7, 11) is 1.51. The van der Waals surface area contributed by atoms with Crippen molar-refractivity contribution in [3.05, 3.63) is 70.9 Å². The van der Waals surface area contributed by atoms with Crippen LogP contribution in [0.1, 0.15) is 5.56 Å². The van der Waals surface area contributed by atoms with Crippen molar-refractivity contribution in [1.82, 2.24) is 10.2 Å². The predicted molar refractivity (Wildman–Crippen MR) is 104 cm³/mol. The molecule has 134 valence electrons. The Morgan fingerprint density at radius 2 is 2.00 bits per heavy atom. The first-order chi connectivity index (χ1) is 13.1. The number of methoxy groups -OCH3 is 1. The summed E-state index contributed by atoms with van der Waals surface area (Å²) in [6, 6.07) is 16.1. The summed E-state index contributed by atoms with van der Waals surface area (Å²) in [6.07, 6.45) is 3.04. The fraction of sp³-hybridized carbons (Fsp3) is 0.0500. The molecule has 3 rings (SSSR count). The van der Waals surface area contributed by atoms with Crippen LogP contribution in [0, 0.1) is 11.3 Å². The lowest BCUT2D eigenvalue weighted by Crippen LogP contribution is -2.14. The fourth-order valence-corrected chi connectivity index (χ4v) is 2.62. The average molecular weight is 379 g/mol. The highest BCUT2D eigenvalue weighted by Crippen LogP contribution is 2.26. The molecular weight excluding hydrogens is 364 g/mol. The smallest absolute Gasteiger partial charge is 0.266 e. The minimum Gasteiger partial charge on any atom is -0.495 e. The molecule has 0 atom stereocenters. The van der Waals surface area contributed by atoms with Crippen molar-refractivity contribution in [2.24, 2.45) is 0 Å². The van der Waals surface area contributed by atoms with Crippen LogP contribution in [-0.4, -0.2) is 23.2 Å². The van der Waals surface area contributed by atoms with Gasteiger partial charge in [0.15, 0.2) is 0 Å². The first kappa shape index (κ1) is 18.2. The maximum Gasteiger partial charge on any atom is 0.266 e. The number of H-pyrrole nitrogens is 1. The van der Waals surface area contributed by atoms with E-state index >= 15 is 0 Å². The van der Waals surface area contributed by atoms with Crippen molar-refractivity contribution in [3.8, 4) is 23.1 Å². The van der Waals surface area contributed by atoms with E-state index in [4.69, 9.17) is 16.3 Å². The molecule has 2 N–H and O–H groups in total. The van der Waals surface area contributed by atoms with Gasteiger partial charge in [-0.15, -0.1) is 0 Å². The molecule has 0 saturated carbocycles. The zero-order chi connectivity index (χ0) is 19.2. The lowest BCUT2D eigenvalue weighted by atomic mass is 10.1. The van der Waals surface area contributed by atoms with Crippen molar-refractivity contribution >= 4 is 29.3 Å². The molecule has 0 fully saturated rings. The van der Waals surface area contributed by atoms with E-state index in [1.54, 1.807) is 42.6 Å². The molecule has 0 radical (unpaired) electrons. The largest absolute Gasteiger partial charge is 0.495 e. The third kappa shape index (κ3) is 4.17. The molecule has 0 saturated heterocycles. The number of carbonyl (C=O) groups excluding carboxylic acids is 1. The number of amides is 1. The second-order valence-electron chi connectivity index (χ2n) is 5.53. The number of aromatic amines is 1. The van der Waals surface area contributed by atoms with Crippen molar-refractivity contribution in [3.63, 3.8) is 0 Å². The van der Waals surface area contributed by atoms with Gasteiger partial charge in [-0.25, -0.2) is 0 Å². The maximum atomic E-state index is 12.5. The van der Waals surface area contributed by atoms with Crippen LogP contribution in [0.3, 0.4) is 0 Å². The SMILES string of the molecule is COc1ccccc1NC(=O)C(C#N)=Cc1cn[nH]c1-c1ccc(Cl)cc1.